The summed E-state index contributed by atoms with van der Waals surface area (Å²) in [5.41, 5.74) is 8.12. The Morgan fingerprint density at radius 2 is 2.19 bits per heavy atom. The van der Waals surface area contributed by atoms with E-state index in [2.05, 4.69) is 11.9 Å². The van der Waals surface area contributed by atoms with E-state index in [1.54, 1.807) is 0 Å². The maximum Gasteiger partial charge on any atom is 0.0476 e. The van der Waals surface area contributed by atoms with Crippen molar-refractivity contribution >= 4 is 28.9 Å². The molecule has 0 saturated heterocycles. The summed E-state index contributed by atoms with van der Waals surface area (Å²) in [5.74, 6) is 0.352. The second kappa shape index (κ2) is 4.82. The smallest absolute Gasteiger partial charge is 0.0476 e. The lowest BCUT2D eigenvalue weighted by Crippen LogP contribution is -2.18. The van der Waals surface area contributed by atoms with E-state index < -0.39 is 0 Å². The van der Waals surface area contributed by atoms with Gasteiger partial charge < -0.3 is 10.6 Å². The van der Waals surface area contributed by atoms with Gasteiger partial charge in [-0.05, 0) is 43.0 Å². The summed E-state index contributed by atoms with van der Waals surface area (Å²) in [6.45, 7) is 1.67. The highest BCUT2D eigenvalue weighted by atomic mass is 35.5. The SMILES string of the molecule is CN1CCCC(CN)c2c(Cl)cc(Cl)cc21. The number of rotatable bonds is 1. The molecule has 2 N–H and O–H groups in total. The van der Waals surface area contributed by atoms with Crippen molar-refractivity contribution in [2.45, 2.75) is 18.8 Å². The van der Waals surface area contributed by atoms with Crippen LogP contribution >= 0.6 is 23.2 Å². The van der Waals surface area contributed by atoms with Crippen molar-refractivity contribution in [3.05, 3.63) is 27.7 Å². The molecule has 1 unspecified atom stereocenters. The molecule has 1 heterocycles. The number of hydrogen-bond donors (Lipinski definition) is 1. The summed E-state index contributed by atoms with van der Waals surface area (Å²) in [7, 11) is 2.07. The standard InChI is InChI=1S/C12H16Cl2N2/c1-16-4-2-3-8(7-15)12-10(14)5-9(13)6-11(12)16/h5-6,8H,2-4,7,15H2,1H3. The van der Waals surface area contributed by atoms with Gasteiger partial charge in [0.15, 0.2) is 0 Å². The average molecular weight is 259 g/mol. The van der Waals surface area contributed by atoms with Crippen molar-refractivity contribution in [3.8, 4) is 0 Å². The Morgan fingerprint density at radius 1 is 1.44 bits per heavy atom. The Hall–Kier alpha value is -0.440. The van der Waals surface area contributed by atoms with E-state index >= 15 is 0 Å². The summed E-state index contributed by atoms with van der Waals surface area (Å²) in [4.78, 5) is 2.21. The largest absolute Gasteiger partial charge is 0.374 e. The Balaban J connectivity index is 2.57. The van der Waals surface area contributed by atoms with Gasteiger partial charge in [-0.3, -0.25) is 0 Å². The molecule has 1 aromatic carbocycles. The van der Waals surface area contributed by atoms with Crippen LogP contribution in [-0.4, -0.2) is 20.1 Å². The molecule has 16 heavy (non-hydrogen) atoms. The van der Waals surface area contributed by atoms with Crippen LogP contribution in [0.2, 0.25) is 10.0 Å². The summed E-state index contributed by atoms with van der Waals surface area (Å²) < 4.78 is 0. The number of nitrogens with zero attached hydrogens (tertiary/aromatic N) is 1. The molecule has 2 nitrogen and oxygen atoms in total. The Bertz CT molecular complexity index is 393. The van der Waals surface area contributed by atoms with Gasteiger partial charge in [0, 0.05) is 29.3 Å². The molecule has 4 heteroatoms. The molecule has 1 aliphatic rings. The van der Waals surface area contributed by atoms with Gasteiger partial charge in [-0.1, -0.05) is 23.2 Å². The van der Waals surface area contributed by atoms with Crippen molar-refractivity contribution in [3.63, 3.8) is 0 Å². The molecule has 0 spiro atoms. The van der Waals surface area contributed by atoms with Crippen LogP contribution in [0.1, 0.15) is 24.3 Å². The molecular formula is C12H16Cl2N2. The number of benzene rings is 1. The fraction of sp³-hybridized carbons (Fsp3) is 0.500. The molecule has 1 atom stereocenters. The van der Waals surface area contributed by atoms with E-state index in [4.69, 9.17) is 28.9 Å². The van der Waals surface area contributed by atoms with Crippen molar-refractivity contribution in [1.82, 2.24) is 0 Å². The van der Waals surface area contributed by atoms with Gasteiger partial charge in [-0.15, -0.1) is 0 Å². The van der Waals surface area contributed by atoms with Crippen LogP contribution in [0.15, 0.2) is 12.1 Å². The van der Waals surface area contributed by atoms with E-state index in [-0.39, 0.29) is 0 Å². The number of hydrogen-bond acceptors (Lipinski definition) is 2. The van der Waals surface area contributed by atoms with E-state index in [1.165, 1.54) is 0 Å². The van der Waals surface area contributed by atoms with E-state index in [9.17, 15) is 0 Å². The zero-order chi connectivity index (χ0) is 11.7. The van der Waals surface area contributed by atoms with Crippen LogP contribution in [-0.2, 0) is 0 Å². The molecule has 1 aliphatic heterocycles. The lowest BCUT2D eigenvalue weighted by atomic mass is 9.94. The maximum atomic E-state index is 6.29. The third-order valence-corrected chi connectivity index (χ3v) is 3.75. The molecule has 0 amide bonds. The minimum absolute atomic E-state index is 0.352. The van der Waals surface area contributed by atoms with Gasteiger partial charge in [-0.25, -0.2) is 0 Å². The zero-order valence-corrected chi connectivity index (χ0v) is 10.9. The Labute approximate surface area is 106 Å². The number of fused-ring (bicyclic) bond motifs is 1. The van der Waals surface area contributed by atoms with Crippen LogP contribution in [0.4, 0.5) is 5.69 Å². The highest BCUT2D eigenvalue weighted by Crippen LogP contribution is 2.40. The molecule has 0 bridgehead atoms. The first kappa shape index (κ1) is 12.0. The summed E-state index contributed by atoms with van der Waals surface area (Å²) in [6.07, 6.45) is 2.23. The van der Waals surface area contributed by atoms with Crippen LogP contribution in [0.5, 0.6) is 0 Å². The molecule has 2 rings (SSSR count). The van der Waals surface area contributed by atoms with Crippen molar-refractivity contribution in [2.75, 3.05) is 25.0 Å². The fourth-order valence-electron chi connectivity index (χ4n) is 2.37. The first-order valence-corrected chi connectivity index (χ1v) is 6.29. The van der Waals surface area contributed by atoms with Gasteiger partial charge in [0.1, 0.15) is 0 Å². The first-order valence-electron chi connectivity index (χ1n) is 5.53. The molecule has 0 radical (unpaired) electrons. The van der Waals surface area contributed by atoms with Crippen LogP contribution in [0.25, 0.3) is 0 Å². The zero-order valence-electron chi connectivity index (χ0n) is 9.34. The normalized spacial score (nSPS) is 20.5. The maximum absolute atomic E-state index is 6.29. The van der Waals surface area contributed by atoms with Crippen molar-refractivity contribution in [1.29, 1.82) is 0 Å². The predicted octanol–water partition coefficient (Wildman–Crippen LogP) is 3.27. The topological polar surface area (TPSA) is 29.3 Å². The second-order valence-corrected chi connectivity index (χ2v) is 5.16. The second-order valence-electron chi connectivity index (χ2n) is 4.32. The summed E-state index contributed by atoms with van der Waals surface area (Å²) in [5, 5.41) is 1.43. The molecular weight excluding hydrogens is 243 g/mol. The third-order valence-electron chi connectivity index (χ3n) is 3.22. The lowest BCUT2D eigenvalue weighted by Gasteiger charge is -2.22. The Kier molecular flexibility index (Phi) is 3.63. The van der Waals surface area contributed by atoms with Gasteiger partial charge >= 0.3 is 0 Å². The van der Waals surface area contributed by atoms with Gasteiger partial charge in [-0.2, -0.15) is 0 Å². The first-order chi connectivity index (χ1) is 7.63. The number of anilines is 1. The number of halogens is 2. The molecule has 0 aromatic heterocycles. The van der Waals surface area contributed by atoms with E-state index in [0.717, 1.165) is 35.7 Å². The van der Waals surface area contributed by atoms with Crippen molar-refractivity contribution < 1.29 is 0 Å². The highest BCUT2D eigenvalue weighted by Gasteiger charge is 2.23. The Morgan fingerprint density at radius 3 is 2.88 bits per heavy atom. The lowest BCUT2D eigenvalue weighted by molar-refractivity contribution is 0.619. The highest BCUT2D eigenvalue weighted by molar-refractivity contribution is 6.35. The van der Waals surface area contributed by atoms with Crippen LogP contribution < -0.4 is 10.6 Å². The molecule has 88 valence electrons. The average Bonchev–Trinajstić information content (AvgIpc) is 2.38. The quantitative estimate of drug-likeness (QED) is 0.838. The minimum Gasteiger partial charge on any atom is -0.374 e. The van der Waals surface area contributed by atoms with Crippen LogP contribution in [0.3, 0.4) is 0 Å². The monoisotopic (exact) mass is 258 g/mol. The van der Waals surface area contributed by atoms with Gasteiger partial charge in [0.25, 0.3) is 0 Å². The van der Waals surface area contributed by atoms with Gasteiger partial charge in [0.05, 0.1) is 0 Å². The fourth-order valence-corrected chi connectivity index (χ4v) is 3.00. The molecule has 0 saturated carbocycles. The molecule has 1 aromatic rings. The van der Waals surface area contributed by atoms with Crippen LogP contribution in [0, 0.1) is 0 Å². The summed E-state index contributed by atoms with van der Waals surface area (Å²) >= 11 is 12.3. The van der Waals surface area contributed by atoms with E-state index in [0.29, 0.717) is 17.5 Å². The summed E-state index contributed by atoms with van der Waals surface area (Å²) in [6, 6.07) is 3.79. The minimum atomic E-state index is 0.352. The number of nitrogens with two attached hydrogens (primary N) is 1. The third kappa shape index (κ3) is 2.15. The van der Waals surface area contributed by atoms with Crippen molar-refractivity contribution in [2.24, 2.45) is 5.73 Å². The van der Waals surface area contributed by atoms with Gasteiger partial charge in [0.2, 0.25) is 0 Å². The molecule has 0 aliphatic carbocycles. The predicted molar refractivity (Wildman–Crippen MR) is 70.8 cm³/mol. The molecule has 0 fully saturated rings. The van der Waals surface area contributed by atoms with E-state index in [1.807, 2.05) is 12.1 Å².